The number of hydrogen-bond donors (Lipinski definition) is 2. The number of rotatable bonds is 9. The fraction of sp³-hybridized carbons (Fsp3) is 0.619. The first-order valence-corrected chi connectivity index (χ1v) is 12.4. The Kier molecular flexibility index (Phi) is 7.99. The lowest BCUT2D eigenvalue weighted by Crippen LogP contribution is -2.57. The number of amides is 1. The minimum absolute atomic E-state index is 0.0686. The van der Waals surface area contributed by atoms with Crippen molar-refractivity contribution >= 4 is 29.4 Å². The van der Waals surface area contributed by atoms with Crippen LogP contribution in [0.25, 0.3) is 0 Å². The van der Waals surface area contributed by atoms with Gasteiger partial charge >= 0.3 is 6.18 Å². The van der Waals surface area contributed by atoms with Crippen molar-refractivity contribution in [2.45, 2.75) is 49.5 Å². The van der Waals surface area contributed by atoms with E-state index >= 15 is 0 Å². The molecule has 1 aromatic carbocycles. The summed E-state index contributed by atoms with van der Waals surface area (Å²) in [6, 6.07) is 6.79. The molecule has 2 atom stereocenters. The zero-order chi connectivity index (χ0) is 21.6. The Morgan fingerprint density at radius 2 is 1.93 bits per heavy atom. The quantitative estimate of drug-likeness (QED) is 0.579. The molecular weight excluding hydrogens is 431 g/mol. The van der Waals surface area contributed by atoms with E-state index in [1.807, 2.05) is 0 Å². The first-order valence-electron chi connectivity index (χ1n) is 10.1. The lowest BCUT2D eigenvalue weighted by Gasteiger charge is -2.34. The van der Waals surface area contributed by atoms with Gasteiger partial charge in [-0.1, -0.05) is 30.3 Å². The van der Waals surface area contributed by atoms with Gasteiger partial charge in [-0.3, -0.25) is 10.1 Å². The molecule has 1 aliphatic carbocycles. The fourth-order valence-electron chi connectivity index (χ4n) is 3.37. The molecule has 9 heteroatoms. The van der Waals surface area contributed by atoms with Crippen LogP contribution in [0.2, 0.25) is 0 Å². The van der Waals surface area contributed by atoms with Crippen molar-refractivity contribution < 1.29 is 18.0 Å². The third-order valence-corrected chi connectivity index (χ3v) is 7.66. The second-order valence-corrected chi connectivity index (χ2v) is 10.2. The molecular formula is C21H26F3N3OS2. The van der Waals surface area contributed by atoms with E-state index in [1.165, 1.54) is 23.9 Å². The molecule has 0 spiro atoms. The second kappa shape index (κ2) is 10.3. The molecule has 0 aromatic heterocycles. The Balaban J connectivity index is 1.75. The minimum atomic E-state index is -4.55. The highest BCUT2D eigenvalue weighted by Gasteiger charge is 2.44. The summed E-state index contributed by atoms with van der Waals surface area (Å²) in [5.74, 6) is 2.64. The Morgan fingerprint density at radius 1 is 1.27 bits per heavy atom. The van der Waals surface area contributed by atoms with Gasteiger partial charge in [-0.05, 0) is 54.4 Å². The number of thioether (sulfide) groups is 2. The molecule has 0 unspecified atom stereocenters. The summed E-state index contributed by atoms with van der Waals surface area (Å²) in [7, 11) is 0. The van der Waals surface area contributed by atoms with Crippen molar-refractivity contribution in [2.75, 3.05) is 23.0 Å². The van der Waals surface area contributed by atoms with E-state index in [0.717, 1.165) is 30.1 Å². The van der Waals surface area contributed by atoms with Crippen molar-refractivity contribution in [3.05, 3.63) is 35.9 Å². The maximum Gasteiger partial charge on any atom is 0.407 e. The van der Waals surface area contributed by atoms with Gasteiger partial charge in [0.05, 0.1) is 12.1 Å². The van der Waals surface area contributed by atoms with Crippen LogP contribution < -0.4 is 10.6 Å². The molecule has 2 N–H and O–H groups in total. The Bertz CT molecular complexity index is 744. The fourth-order valence-corrected chi connectivity index (χ4v) is 5.85. The van der Waals surface area contributed by atoms with Gasteiger partial charge in [0.25, 0.3) is 0 Å². The van der Waals surface area contributed by atoms with Crippen LogP contribution >= 0.6 is 23.5 Å². The number of halogens is 3. The number of benzene rings is 1. The first-order chi connectivity index (χ1) is 14.3. The van der Waals surface area contributed by atoms with Crippen LogP contribution in [0.5, 0.6) is 0 Å². The Morgan fingerprint density at radius 3 is 2.50 bits per heavy atom. The van der Waals surface area contributed by atoms with E-state index < -0.39 is 29.7 Å². The summed E-state index contributed by atoms with van der Waals surface area (Å²) >= 11 is 3.21. The number of carbonyl (C=O) groups is 1. The van der Waals surface area contributed by atoms with Crippen molar-refractivity contribution in [3.63, 3.8) is 0 Å². The van der Waals surface area contributed by atoms with Crippen LogP contribution in [-0.2, 0) is 4.79 Å². The molecule has 0 radical (unpaired) electrons. The van der Waals surface area contributed by atoms with E-state index in [0.29, 0.717) is 18.8 Å². The van der Waals surface area contributed by atoms with Crippen LogP contribution in [0.1, 0.15) is 37.3 Å². The van der Waals surface area contributed by atoms with Gasteiger partial charge < -0.3 is 5.32 Å². The van der Waals surface area contributed by atoms with Crippen molar-refractivity contribution in [2.24, 2.45) is 5.92 Å². The molecule has 2 fully saturated rings. The van der Waals surface area contributed by atoms with E-state index in [9.17, 15) is 23.2 Å². The van der Waals surface area contributed by atoms with E-state index in [-0.39, 0.29) is 11.3 Å². The average Bonchev–Trinajstić information content (AvgIpc) is 3.55. The van der Waals surface area contributed by atoms with Gasteiger partial charge in [-0.2, -0.15) is 42.0 Å². The normalized spacial score (nSPS) is 20.7. The number of hydrogen-bond acceptors (Lipinski definition) is 5. The lowest BCUT2D eigenvalue weighted by atomic mass is 9.93. The van der Waals surface area contributed by atoms with Crippen LogP contribution in [0.3, 0.4) is 0 Å². The molecule has 0 bridgehead atoms. The number of nitriles is 1. The second-order valence-electron chi connectivity index (χ2n) is 7.88. The maximum atomic E-state index is 13.8. The van der Waals surface area contributed by atoms with Crippen molar-refractivity contribution in [1.29, 1.82) is 5.26 Å². The summed E-state index contributed by atoms with van der Waals surface area (Å²) < 4.78 is 41.5. The van der Waals surface area contributed by atoms with Gasteiger partial charge in [0.2, 0.25) is 5.91 Å². The average molecular weight is 458 g/mol. The summed E-state index contributed by atoms with van der Waals surface area (Å²) in [5, 5.41) is 15.0. The van der Waals surface area contributed by atoms with E-state index in [2.05, 4.69) is 16.7 Å². The van der Waals surface area contributed by atoms with Gasteiger partial charge in [0.1, 0.15) is 11.6 Å². The maximum absolute atomic E-state index is 13.8. The molecule has 3 rings (SSSR count). The standard InChI is InChI=1S/C21H26F3N3OS2/c22-21(23,24)18(16-4-2-1-3-5-16)26-17(13-30-12-15-6-7-15)19(28)27-20(14-25)8-10-29-11-9-20/h1-5,15,17-18,26H,6-13H2,(H,27,28)/t17-,18-/m0/s1. The highest BCUT2D eigenvalue weighted by molar-refractivity contribution is 7.99. The van der Waals surface area contributed by atoms with Crippen molar-refractivity contribution in [3.8, 4) is 6.07 Å². The molecule has 1 aliphatic heterocycles. The third-order valence-electron chi connectivity index (χ3n) is 5.40. The topological polar surface area (TPSA) is 64.9 Å². The molecule has 1 aromatic rings. The van der Waals surface area contributed by atoms with Gasteiger partial charge in [0, 0.05) is 5.75 Å². The molecule has 1 heterocycles. The number of nitrogens with zero attached hydrogens (tertiary/aromatic N) is 1. The predicted molar refractivity (Wildman–Crippen MR) is 115 cm³/mol. The molecule has 164 valence electrons. The zero-order valence-corrected chi connectivity index (χ0v) is 18.2. The highest BCUT2D eigenvalue weighted by Crippen LogP contribution is 2.35. The van der Waals surface area contributed by atoms with Crippen molar-refractivity contribution in [1.82, 2.24) is 10.6 Å². The molecule has 4 nitrogen and oxygen atoms in total. The molecule has 2 aliphatic rings. The minimum Gasteiger partial charge on any atom is -0.336 e. The summed E-state index contributed by atoms with van der Waals surface area (Å²) in [5.41, 5.74) is -0.928. The largest absolute Gasteiger partial charge is 0.407 e. The molecule has 30 heavy (non-hydrogen) atoms. The smallest absolute Gasteiger partial charge is 0.336 e. The molecule has 1 saturated carbocycles. The van der Waals surface area contributed by atoms with Gasteiger partial charge in [0.15, 0.2) is 0 Å². The summed E-state index contributed by atoms with van der Waals surface area (Å²) in [6.45, 7) is 0. The first kappa shape index (κ1) is 23.3. The molecule has 1 amide bonds. The van der Waals surface area contributed by atoms with Crippen LogP contribution in [0.15, 0.2) is 30.3 Å². The SMILES string of the molecule is N#CC1(NC(=O)[C@H](CSCC2CC2)N[C@@H](c2ccccc2)C(F)(F)F)CCSCC1. The number of alkyl halides is 3. The predicted octanol–water partition coefficient (Wildman–Crippen LogP) is 4.30. The van der Waals surface area contributed by atoms with Crippen LogP contribution in [0, 0.1) is 17.2 Å². The number of carbonyl (C=O) groups excluding carboxylic acids is 1. The monoisotopic (exact) mass is 457 g/mol. The Hall–Kier alpha value is -1.37. The summed E-state index contributed by atoms with van der Waals surface area (Å²) in [6.07, 6.45) is -1.26. The molecule has 1 saturated heterocycles. The highest BCUT2D eigenvalue weighted by atomic mass is 32.2. The van der Waals surface area contributed by atoms with E-state index in [1.54, 1.807) is 30.0 Å². The lowest BCUT2D eigenvalue weighted by molar-refractivity contribution is -0.160. The van der Waals surface area contributed by atoms with Gasteiger partial charge in [-0.25, -0.2) is 0 Å². The Labute approximate surface area is 183 Å². The van der Waals surface area contributed by atoms with Gasteiger partial charge in [-0.15, -0.1) is 0 Å². The zero-order valence-electron chi connectivity index (χ0n) is 16.6. The van der Waals surface area contributed by atoms with Crippen LogP contribution in [0.4, 0.5) is 13.2 Å². The van der Waals surface area contributed by atoms with E-state index in [4.69, 9.17) is 0 Å². The number of nitrogens with one attached hydrogen (secondary N) is 2. The summed E-state index contributed by atoms with van der Waals surface area (Å²) in [4.78, 5) is 13.0. The third kappa shape index (κ3) is 6.56. The van der Waals surface area contributed by atoms with Crippen LogP contribution in [-0.4, -0.2) is 46.7 Å².